The first-order chi connectivity index (χ1) is 8.15. The van der Waals surface area contributed by atoms with E-state index in [1.807, 2.05) is 13.2 Å². The summed E-state index contributed by atoms with van der Waals surface area (Å²) >= 11 is 0. The molecule has 5 nitrogen and oxygen atoms in total. The lowest BCUT2D eigenvalue weighted by Crippen LogP contribution is -2.22. The number of anilines is 1. The number of aromatic nitrogens is 2. The molecule has 0 aliphatic rings. The molecule has 3 N–H and O–H groups in total. The zero-order chi connectivity index (χ0) is 12.3. The van der Waals surface area contributed by atoms with E-state index in [-0.39, 0.29) is 5.91 Å². The monoisotopic (exact) mass is 230 g/mol. The zero-order valence-electron chi connectivity index (χ0n) is 9.55. The van der Waals surface area contributed by atoms with E-state index in [4.69, 9.17) is 5.73 Å². The summed E-state index contributed by atoms with van der Waals surface area (Å²) in [6.07, 6.45) is 3.59. The summed E-state index contributed by atoms with van der Waals surface area (Å²) < 4.78 is 1.70. The SMILES string of the molecule is Cn1cc(CNC(=O)c2ccc(N)cc2)cn1. The van der Waals surface area contributed by atoms with Gasteiger partial charge in [-0.2, -0.15) is 5.10 Å². The van der Waals surface area contributed by atoms with E-state index in [1.165, 1.54) is 0 Å². The third kappa shape index (κ3) is 2.84. The molecular weight excluding hydrogens is 216 g/mol. The first-order valence-electron chi connectivity index (χ1n) is 5.26. The zero-order valence-corrected chi connectivity index (χ0v) is 9.55. The molecular formula is C12H14N4O. The molecule has 2 rings (SSSR count). The second-order valence-corrected chi connectivity index (χ2v) is 3.83. The van der Waals surface area contributed by atoms with Crippen molar-refractivity contribution in [1.82, 2.24) is 15.1 Å². The van der Waals surface area contributed by atoms with Gasteiger partial charge in [0.15, 0.2) is 0 Å². The van der Waals surface area contributed by atoms with E-state index in [0.717, 1.165) is 5.56 Å². The maximum atomic E-state index is 11.8. The van der Waals surface area contributed by atoms with Gasteiger partial charge in [0, 0.05) is 36.6 Å². The molecule has 2 aromatic rings. The van der Waals surface area contributed by atoms with Gasteiger partial charge in [0.05, 0.1) is 6.20 Å². The van der Waals surface area contributed by atoms with Gasteiger partial charge in [-0.25, -0.2) is 0 Å². The van der Waals surface area contributed by atoms with Crippen LogP contribution in [0.25, 0.3) is 0 Å². The van der Waals surface area contributed by atoms with E-state index in [1.54, 1.807) is 35.1 Å². The van der Waals surface area contributed by atoms with Gasteiger partial charge in [0.2, 0.25) is 0 Å². The summed E-state index contributed by atoms with van der Waals surface area (Å²) in [6.45, 7) is 0.469. The molecule has 0 atom stereocenters. The van der Waals surface area contributed by atoms with Crippen molar-refractivity contribution in [3.8, 4) is 0 Å². The number of carbonyl (C=O) groups excluding carboxylic acids is 1. The minimum absolute atomic E-state index is 0.117. The predicted octanol–water partition coefficient (Wildman–Crippen LogP) is 0.932. The minimum Gasteiger partial charge on any atom is -0.399 e. The summed E-state index contributed by atoms with van der Waals surface area (Å²) in [6, 6.07) is 6.82. The molecule has 0 bridgehead atoms. The highest BCUT2D eigenvalue weighted by Gasteiger charge is 2.05. The van der Waals surface area contributed by atoms with Crippen LogP contribution in [0.1, 0.15) is 15.9 Å². The molecule has 0 radical (unpaired) electrons. The third-order valence-electron chi connectivity index (χ3n) is 2.38. The lowest BCUT2D eigenvalue weighted by molar-refractivity contribution is 0.0951. The lowest BCUT2D eigenvalue weighted by Gasteiger charge is -2.03. The van der Waals surface area contributed by atoms with Gasteiger partial charge in [-0.05, 0) is 24.3 Å². The van der Waals surface area contributed by atoms with Crippen molar-refractivity contribution in [2.75, 3.05) is 5.73 Å². The highest BCUT2D eigenvalue weighted by molar-refractivity contribution is 5.94. The Morgan fingerprint density at radius 2 is 2.12 bits per heavy atom. The van der Waals surface area contributed by atoms with Crippen molar-refractivity contribution in [1.29, 1.82) is 0 Å². The Bertz CT molecular complexity index is 516. The maximum Gasteiger partial charge on any atom is 0.251 e. The van der Waals surface area contributed by atoms with Gasteiger partial charge in [-0.3, -0.25) is 9.48 Å². The number of rotatable bonds is 3. The fourth-order valence-corrected chi connectivity index (χ4v) is 1.48. The van der Waals surface area contributed by atoms with Gasteiger partial charge >= 0.3 is 0 Å². The fraction of sp³-hybridized carbons (Fsp3) is 0.167. The Kier molecular flexibility index (Phi) is 3.09. The number of nitrogens with one attached hydrogen (secondary N) is 1. The van der Waals surface area contributed by atoms with Crippen molar-refractivity contribution < 1.29 is 4.79 Å². The number of benzene rings is 1. The van der Waals surface area contributed by atoms with E-state index in [0.29, 0.717) is 17.8 Å². The maximum absolute atomic E-state index is 11.8. The Labute approximate surface area is 99.2 Å². The number of nitrogens with two attached hydrogens (primary N) is 1. The van der Waals surface area contributed by atoms with Crippen molar-refractivity contribution >= 4 is 11.6 Å². The van der Waals surface area contributed by atoms with Crippen molar-refractivity contribution in [2.24, 2.45) is 7.05 Å². The summed E-state index contributed by atoms with van der Waals surface area (Å²) in [7, 11) is 1.84. The van der Waals surface area contributed by atoms with Crippen LogP contribution in [0.2, 0.25) is 0 Å². The Balaban J connectivity index is 1.95. The molecule has 1 aromatic heterocycles. The average Bonchev–Trinajstić information content (AvgIpc) is 2.73. The molecule has 0 aliphatic carbocycles. The first kappa shape index (κ1) is 11.2. The molecule has 1 aromatic carbocycles. The lowest BCUT2D eigenvalue weighted by atomic mass is 10.2. The fourth-order valence-electron chi connectivity index (χ4n) is 1.48. The highest BCUT2D eigenvalue weighted by Crippen LogP contribution is 2.05. The summed E-state index contributed by atoms with van der Waals surface area (Å²) in [5, 5.41) is 6.84. The number of nitrogens with zero attached hydrogens (tertiary/aromatic N) is 2. The summed E-state index contributed by atoms with van der Waals surface area (Å²) in [5.41, 5.74) is 7.77. The molecule has 0 saturated heterocycles. The smallest absolute Gasteiger partial charge is 0.251 e. The topological polar surface area (TPSA) is 72.9 Å². The van der Waals surface area contributed by atoms with Crippen LogP contribution in [0.15, 0.2) is 36.7 Å². The second-order valence-electron chi connectivity index (χ2n) is 3.83. The van der Waals surface area contributed by atoms with E-state index in [2.05, 4.69) is 10.4 Å². The second kappa shape index (κ2) is 4.69. The Morgan fingerprint density at radius 3 is 2.71 bits per heavy atom. The van der Waals surface area contributed by atoms with Crippen LogP contribution in [0.4, 0.5) is 5.69 Å². The molecule has 0 saturated carbocycles. The van der Waals surface area contributed by atoms with Gasteiger partial charge in [0.25, 0.3) is 5.91 Å². The highest BCUT2D eigenvalue weighted by atomic mass is 16.1. The first-order valence-corrected chi connectivity index (χ1v) is 5.26. The van der Waals surface area contributed by atoms with E-state index >= 15 is 0 Å². The Morgan fingerprint density at radius 1 is 1.41 bits per heavy atom. The van der Waals surface area contributed by atoms with Gasteiger partial charge < -0.3 is 11.1 Å². The molecule has 1 heterocycles. The van der Waals surface area contributed by atoms with Crippen LogP contribution < -0.4 is 11.1 Å². The third-order valence-corrected chi connectivity index (χ3v) is 2.38. The average molecular weight is 230 g/mol. The number of hydrogen-bond donors (Lipinski definition) is 2. The van der Waals surface area contributed by atoms with Crippen LogP contribution >= 0.6 is 0 Å². The largest absolute Gasteiger partial charge is 0.399 e. The minimum atomic E-state index is -0.117. The molecule has 17 heavy (non-hydrogen) atoms. The molecule has 1 amide bonds. The standard InChI is InChI=1S/C12H14N4O/c1-16-8-9(7-15-16)6-14-12(17)10-2-4-11(13)5-3-10/h2-5,7-8H,6,13H2,1H3,(H,14,17). The van der Waals surface area contributed by atoms with Gasteiger partial charge in [-0.15, -0.1) is 0 Å². The number of aryl methyl sites for hydroxylation is 1. The molecule has 0 aliphatic heterocycles. The molecule has 0 unspecified atom stereocenters. The van der Waals surface area contributed by atoms with Crippen molar-refractivity contribution in [2.45, 2.75) is 6.54 Å². The van der Waals surface area contributed by atoms with Crippen molar-refractivity contribution in [3.05, 3.63) is 47.8 Å². The quantitative estimate of drug-likeness (QED) is 0.770. The molecule has 5 heteroatoms. The molecule has 0 fully saturated rings. The van der Waals surface area contributed by atoms with Crippen LogP contribution in [0.3, 0.4) is 0 Å². The van der Waals surface area contributed by atoms with Crippen LogP contribution in [0, 0.1) is 0 Å². The van der Waals surface area contributed by atoms with Crippen LogP contribution in [0.5, 0.6) is 0 Å². The van der Waals surface area contributed by atoms with Gasteiger partial charge in [-0.1, -0.05) is 0 Å². The summed E-state index contributed by atoms with van der Waals surface area (Å²) in [5.74, 6) is -0.117. The number of nitrogen functional groups attached to an aromatic ring is 1. The molecule has 0 spiro atoms. The normalized spacial score (nSPS) is 10.2. The van der Waals surface area contributed by atoms with Crippen molar-refractivity contribution in [3.63, 3.8) is 0 Å². The van der Waals surface area contributed by atoms with E-state index < -0.39 is 0 Å². The van der Waals surface area contributed by atoms with Gasteiger partial charge in [0.1, 0.15) is 0 Å². The number of hydrogen-bond acceptors (Lipinski definition) is 3. The number of amides is 1. The number of carbonyl (C=O) groups is 1. The molecule has 88 valence electrons. The Hall–Kier alpha value is -2.30. The van der Waals surface area contributed by atoms with Crippen LogP contribution in [-0.4, -0.2) is 15.7 Å². The predicted molar refractivity (Wildman–Crippen MR) is 65.2 cm³/mol. The summed E-state index contributed by atoms with van der Waals surface area (Å²) in [4.78, 5) is 11.8. The van der Waals surface area contributed by atoms with E-state index in [9.17, 15) is 4.79 Å². The van der Waals surface area contributed by atoms with Crippen LogP contribution in [-0.2, 0) is 13.6 Å².